The minimum Gasteiger partial charge on any atom is -0.425 e. The molecule has 0 aromatic carbocycles. The van der Waals surface area contributed by atoms with Crippen LogP contribution < -0.4 is 0 Å². The lowest BCUT2D eigenvalue weighted by molar-refractivity contribution is 0.0242. The molecule has 0 aliphatic rings. The molecule has 0 amide bonds. The van der Waals surface area contributed by atoms with Crippen LogP contribution in [0.25, 0.3) is 0 Å². The van der Waals surface area contributed by atoms with Gasteiger partial charge in [0.25, 0.3) is 0 Å². The summed E-state index contributed by atoms with van der Waals surface area (Å²) >= 11 is 0. The van der Waals surface area contributed by atoms with Crippen LogP contribution in [0.15, 0.2) is 0 Å². The summed E-state index contributed by atoms with van der Waals surface area (Å²) in [5.41, 5.74) is 0. The van der Waals surface area contributed by atoms with Gasteiger partial charge >= 0.3 is 0 Å². The fourth-order valence-corrected chi connectivity index (χ4v) is 1.33. The van der Waals surface area contributed by atoms with E-state index in [1.807, 2.05) is 6.92 Å². The number of rotatable bonds is 6. The molecule has 0 N–H and O–H groups in total. The normalized spacial score (nSPS) is 13.8. The zero-order valence-corrected chi connectivity index (χ0v) is 9.22. The highest BCUT2D eigenvalue weighted by Crippen LogP contribution is 2.01. The number of ether oxygens (including phenoxy) is 1. The van der Waals surface area contributed by atoms with Crippen LogP contribution in [0.3, 0.4) is 0 Å². The first kappa shape index (κ1) is 10.1. The van der Waals surface area contributed by atoms with Gasteiger partial charge in [0.05, 0.1) is 12.7 Å². The first-order valence-electron chi connectivity index (χ1n) is 3.95. The largest absolute Gasteiger partial charge is 0.425 e. The van der Waals surface area contributed by atoms with Crippen molar-refractivity contribution in [3.05, 3.63) is 0 Å². The van der Waals surface area contributed by atoms with Crippen molar-refractivity contribution < 1.29 is 9.16 Å². The van der Waals surface area contributed by atoms with Gasteiger partial charge in [0.2, 0.25) is 0 Å². The van der Waals surface area contributed by atoms with Gasteiger partial charge in [-0.2, -0.15) is 0 Å². The maximum atomic E-state index is 5.42. The van der Waals surface area contributed by atoms with Gasteiger partial charge in [-0.3, -0.25) is 0 Å². The van der Waals surface area contributed by atoms with Crippen molar-refractivity contribution in [3.8, 4) is 0 Å². The van der Waals surface area contributed by atoms with Crippen molar-refractivity contribution in [2.75, 3.05) is 13.2 Å². The number of hydrogen-bond acceptors (Lipinski definition) is 2. The fraction of sp³-hybridized carbons (Fsp3) is 1.00. The second-order valence-electron chi connectivity index (χ2n) is 2.32. The molecule has 10 heavy (non-hydrogen) atoms. The van der Waals surface area contributed by atoms with Crippen molar-refractivity contribution >= 4 is 10.5 Å². The Morgan fingerprint density at radius 1 is 1.40 bits per heavy atom. The lowest BCUT2D eigenvalue weighted by Gasteiger charge is -2.14. The molecule has 0 radical (unpaired) electrons. The summed E-state index contributed by atoms with van der Waals surface area (Å²) in [5, 5.41) is 0. The van der Waals surface area contributed by atoms with Crippen LogP contribution in [0.4, 0.5) is 0 Å². The zero-order chi connectivity index (χ0) is 7.82. The van der Waals surface area contributed by atoms with Gasteiger partial charge in [0.15, 0.2) is 0 Å². The Morgan fingerprint density at radius 3 is 2.50 bits per heavy atom. The Kier molecular flexibility index (Phi) is 7.35. The first-order chi connectivity index (χ1) is 4.85. The van der Waals surface area contributed by atoms with Crippen molar-refractivity contribution in [1.29, 1.82) is 0 Å². The monoisotopic (exact) mass is 162 g/mol. The fourth-order valence-electron chi connectivity index (χ4n) is 0.958. The SMILES string of the molecule is CCCC(CO[SiH3])OCC. The van der Waals surface area contributed by atoms with Gasteiger partial charge in [-0.25, -0.2) is 0 Å². The summed E-state index contributed by atoms with van der Waals surface area (Å²) < 4.78 is 10.5. The van der Waals surface area contributed by atoms with Crippen LogP contribution in [0.2, 0.25) is 0 Å². The summed E-state index contributed by atoms with van der Waals surface area (Å²) in [4.78, 5) is 0. The van der Waals surface area contributed by atoms with Gasteiger partial charge in [-0.1, -0.05) is 13.3 Å². The average Bonchev–Trinajstić information content (AvgIpc) is 1.90. The van der Waals surface area contributed by atoms with E-state index in [-0.39, 0.29) is 0 Å². The third-order valence-corrected chi connectivity index (χ3v) is 1.70. The third kappa shape index (κ3) is 4.96. The second kappa shape index (κ2) is 7.25. The molecule has 0 aromatic heterocycles. The molecule has 0 heterocycles. The molecule has 62 valence electrons. The average molecular weight is 162 g/mol. The van der Waals surface area contributed by atoms with E-state index in [1.54, 1.807) is 0 Å². The molecular weight excluding hydrogens is 144 g/mol. The van der Waals surface area contributed by atoms with Gasteiger partial charge < -0.3 is 9.16 Å². The van der Waals surface area contributed by atoms with Gasteiger partial charge in [0, 0.05) is 6.61 Å². The van der Waals surface area contributed by atoms with Crippen molar-refractivity contribution in [1.82, 2.24) is 0 Å². The molecule has 0 bridgehead atoms. The number of hydrogen-bond donors (Lipinski definition) is 0. The van der Waals surface area contributed by atoms with Crippen LogP contribution in [0.5, 0.6) is 0 Å². The van der Waals surface area contributed by atoms with Gasteiger partial charge in [-0.05, 0) is 13.3 Å². The van der Waals surface area contributed by atoms with E-state index in [2.05, 4.69) is 6.92 Å². The Bertz CT molecular complexity index is 54.4. The Balaban J connectivity index is 3.30. The summed E-state index contributed by atoms with van der Waals surface area (Å²) in [6.07, 6.45) is 2.64. The molecule has 0 spiro atoms. The van der Waals surface area contributed by atoms with E-state index >= 15 is 0 Å². The standard InChI is InChI=1S/C7H18O2Si/c1-3-5-7(6-9-10)8-4-2/h7H,3-6H2,1-2,10H3. The highest BCUT2D eigenvalue weighted by Gasteiger charge is 2.04. The molecular formula is C7H18O2Si. The van der Waals surface area contributed by atoms with Gasteiger partial charge in [0.1, 0.15) is 10.5 Å². The topological polar surface area (TPSA) is 18.5 Å². The van der Waals surface area contributed by atoms with E-state index in [0.717, 1.165) is 30.1 Å². The van der Waals surface area contributed by atoms with Crippen LogP contribution in [0, 0.1) is 0 Å². The lowest BCUT2D eigenvalue weighted by Crippen LogP contribution is -2.18. The highest BCUT2D eigenvalue weighted by molar-refractivity contribution is 5.97. The van der Waals surface area contributed by atoms with Crippen LogP contribution in [-0.2, 0) is 9.16 Å². The summed E-state index contributed by atoms with van der Waals surface area (Å²) in [7, 11) is 0.821. The third-order valence-electron chi connectivity index (χ3n) is 1.37. The Labute approximate surface area is 66.5 Å². The van der Waals surface area contributed by atoms with E-state index < -0.39 is 0 Å². The van der Waals surface area contributed by atoms with E-state index in [4.69, 9.17) is 9.16 Å². The molecule has 0 fully saturated rings. The quantitative estimate of drug-likeness (QED) is 0.529. The minimum absolute atomic E-state index is 0.340. The van der Waals surface area contributed by atoms with E-state index in [0.29, 0.717) is 6.10 Å². The highest BCUT2D eigenvalue weighted by atomic mass is 28.2. The lowest BCUT2D eigenvalue weighted by atomic mass is 10.2. The maximum Gasteiger partial charge on any atom is 0.146 e. The molecule has 0 aromatic rings. The first-order valence-corrected chi connectivity index (χ1v) is 4.77. The molecule has 3 heteroatoms. The Morgan fingerprint density at radius 2 is 2.10 bits per heavy atom. The molecule has 0 saturated heterocycles. The predicted octanol–water partition coefficient (Wildman–Crippen LogP) is 0.489. The van der Waals surface area contributed by atoms with Crippen LogP contribution in [0.1, 0.15) is 26.7 Å². The van der Waals surface area contributed by atoms with E-state index in [9.17, 15) is 0 Å². The predicted molar refractivity (Wildman–Crippen MR) is 46.2 cm³/mol. The molecule has 1 unspecified atom stereocenters. The molecule has 0 aliphatic heterocycles. The molecule has 0 rings (SSSR count). The Hall–Kier alpha value is 0.137. The van der Waals surface area contributed by atoms with Crippen LogP contribution in [-0.4, -0.2) is 29.8 Å². The maximum absolute atomic E-state index is 5.42. The summed E-state index contributed by atoms with van der Waals surface area (Å²) in [6, 6.07) is 0. The van der Waals surface area contributed by atoms with Crippen LogP contribution >= 0.6 is 0 Å². The molecule has 0 aliphatic carbocycles. The summed E-state index contributed by atoms with van der Waals surface area (Å²) in [6.45, 7) is 5.78. The van der Waals surface area contributed by atoms with Crippen molar-refractivity contribution in [3.63, 3.8) is 0 Å². The minimum atomic E-state index is 0.340. The van der Waals surface area contributed by atoms with Gasteiger partial charge in [-0.15, -0.1) is 0 Å². The second-order valence-corrected chi connectivity index (χ2v) is 2.90. The zero-order valence-electron chi connectivity index (χ0n) is 7.22. The van der Waals surface area contributed by atoms with Crippen molar-refractivity contribution in [2.45, 2.75) is 32.8 Å². The van der Waals surface area contributed by atoms with E-state index in [1.165, 1.54) is 6.42 Å². The smallest absolute Gasteiger partial charge is 0.146 e. The van der Waals surface area contributed by atoms with Crippen molar-refractivity contribution in [2.24, 2.45) is 0 Å². The molecule has 1 atom stereocenters. The molecule has 0 saturated carbocycles. The summed E-state index contributed by atoms with van der Waals surface area (Å²) in [5.74, 6) is 0. The molecule has 2 nitrogen and oxygen atoms in total.